The summed E-state index contributed by atoms with van der Waals surface area (Å²) < 4.78 is 0. The summed E-state index contributed by atoms with van der Waals surface area (Å²) >= 11 is 0. The first-order valence-electron chi connectivity index (χ1n) is 6.47. The molecule has 4 heteroatoms. The Balaban J connectivity index is 2.23. The molecule has 2 rings (SSSR count). The normalized spacial score (nSPS) is 16.6. The Morgan fingerprint density at radius 1 is 1.37 bits per heavy atom. The van der Waals surface area contributed by atoms with E-state index in [1.165, 1.54) is 0 Å². The number of carboxylic acids is 1. The van der Waals surface area contributed by atoms with Gasteiger partial charge in [-0.15, -0.1) is 0 Å². The molecule has 0 atom stereocenters. The summed E-state index contributed by atoms with van der Waals surface area (Å²) in [6, 6.07) is 5.97. The molecule has 0 bridgehead atoms. The first kappa shape index (κ1) is 13.6. The first-order valence-corrected chi connectivity index (χ1v) is 6.47. The Kier molecular flexibility index (Phi) is 3.35. The second kappa shape index (κ2) is 4.68. The Bertz CT molecular complexity index is 534. The van der Waals surface area contributed by atoms with Crippen LogP contribution < -0.4 is 4.90 Å². The minimum atomic E-state index is -0.767. The molecule has 1 aromatic rings. The van der Waals surface area contributed by atoms with E-state index in [0.717, 1.165) is 23.2 Å². The molecule has 0 unspecified atom stereocenters. The van der Waals surface area contributed by atoms with Crippen LogP contribution in [0.5, 0.6) is 0 Å². The quantitative estimate of drug-likeness (QED) is 0.905. The third-order valence-electron chi connectivity index (χ3n) is 3.79. The highest BCUT2D eigenvalue weighted by atomic mass is 16.4. The minimum Gasteiger partial charge on any atom is -0.481 e. The largest absolute Gasteiger partial charge is 0.481 e. The van der Waals surface area contributed by atoms with Crippen LogP contribution in [-0.2, 0) is 21.4 Å². The molecule has 0 fully saturated rings. The molecule has 0 spiro atoms. The Morgan fingerprint density at radius 2 is 2.05 bits per heavy atom. The standard InChI is InChI=1S/C15H19NO3/c1-15(2)11-9-10(5-4-6-13(17)18)7-8-12(11)16(3)14(15)19/h7-9H,4-6H2,1-3H3,(H,17,18). The van der Waals surface area contributed by atoms with Gasteiger partial charge in [0.05, 0.1) is 5.41 Å². The molecule has 4 nitrogen and oxygen atoms in total. The van der Waals surface area contributed by atoms with Gasteiger partial charge >= 0.3 is 5.97 Å². The number of rotatable bonds is 4. The average Bonchev–Trinajstić information content (AvgIpc) is 2.51. The summed E-state index contributed by atoms with van der Waals surface area (Å²) in [5.41, 5.74) is 2.59. The van der Waals surface area contributed by atoms with E-state index in [-0.39, 0.29) is 12.3 Å². The molecular weight excluding hydrogens is 242 g/mol. The lowest BCUT2D eigenvalue weighted by Gasteiger charge is -2.16. The number of benzene rings is 1. The van der Waals surface area contributed by atoms with Crippen molar-refractivity contribution in [2.24, 2.45) is 0 Å². The number of hydrogen-bond donors (Lipinski definition) is 1. The molecule has 0 aromatic heterocycles. The molecule has 0 saturated heterocycles. The molecule has 0 saturated carbocycles. The van der Waals surface area contributed by atoms with Gasteiger partial charge in [0.25, 0.3) is 0 Å². The molecule has 1 heterocycles. The van der Waals surface area contributed by atoms with Crippen molar-refractivity contribution in [1.82, 2.24) is 0 Å². The number of hydrogen-bond acceptors (Lipinski definition) is 2. The molecule has 1 aromatic carbocycles. The fraction of sp³-hybridized carbons (Fsp3) is 0.467. The zero-order valence-corrected chi connectivity index (χ0v) is 11.6. The highest BCUT2D eigenvalue weighted by Gasteiger charge is 2.42. The average molecular weight is 261 g/mol. The molecule has 19 heavy (non-hydrogen) atoms. The van der Waals surface area contributed by atoms with Gasteiger partial charge in [0.15, 0.2) is 0 Å². The van der Waals surface area contributed by atoms with E-state index in [1.807, 2.05) is 32.0 Å². The molecule has 1 amide bonds. The summed E-state index contributed by atoms with van der Waals surface area (Å²) in [5.74, 6) is -0.665. The smallest absolute Gasteiger partial charge is 0.303 e. The van der Waals surface area contributed by atoms with Gasteiger partial charge < -0.3 is 10.0 Å². The van der Waals surface area contributed by atoms with Crippen LogP contribution in [0.25, 0.3) is 0 Å². The van der Waals surface area contributed by atoms with Crippen molar-refractivity contribution in [1.29, 1.82) is 0 Å². The van der Waals surface area contributed by atoms with Gasteiger partial charge in [-0.3, -0.25) is 9.59 Å². The van der Waals surface area contributed by atoms with Crippen LogP contribution in [0, 0.1) is 0 Å². The lowest BCUT2D eigenvalue weighted by Crippen LogP contribution is -2.33. The van der Waals surface area contributed by atoms with E-state index in [2.05, 4.69) is 0 Å². The summed E-state index contributed by atoms with van der Waals surface area (Å²) in [5, 5.41) is 8.65. The maximum Gasteiger partial charge on any atom is 0.303 e. The lowest BCUT2D eigenvalue weighted by atomic mass is 9.85. The van der Waals surface area contributed by atoms with Crippen LogP contribution in [0.4, 0.5) is 5.69 Å². The molecule has 1 N–H and O–H groups in total. The van der Waals surface area contributed by atoms with Crippen molar-refractivity contribution >= 4 is 17.6 Å². The van der Waals surface area contributed by atoms with E-state index in [0.29, 0.717) is 6.42 Å². The Morgan fingerprint density at radius 3 is 2.68 bits per heavy atom. The number of anilines is 1. The van der Waals surface area contributed by atoms with Crippen molar-refractivity contribution in [2.75, 3.05) is 11.9 Å². The number of nitrogens with zero attached hydrogens (tertiary/aromatic N) is 1. The number of carbonyl (C=O) groups is 2. The van der Waals surface area contributed by atoms with E-state index in [1.54, 1.807) is 11.9 Å². The second-order valence-electron chi connectivity index (χ2n) is 5.59. The summed E-state index contributed by atoms with van der Waals surface area (Å²) in [6.07, 6.45) is 1.53. The number of aliphatic carboxylic acids is 1. The van der Waals surface area contributed by atoms with Crippen LogP contribution in [0.3, 0.4) is 0 Å². The van der Waals surface area contributed by atoms with Crippen LogP contribution in [0.2, 0.25) is 0 Å². The van der Waals surface area contributed by atoms with E-state index >= 15 is 0 Å². The van der Waals surface area contributed by atoms with Crippen LogP contribution in [0.1, 0.15) is 37.8 Å². The maximum absolute atomic E-state index is 12.1. The van der Waals surface area contributed by atoms with Gasteiger partial charge in [0.1, 0.15) is 0 Å². The Labute approximate surface area is 113 Å². The van der Waals surface area contributed by atoms with E-state index < -0.39 is 11.4 Å². The van der Waals surface area contributed by atoms with Crippen molar-refractivity contribution in [3.05, 3.63) is 29.3 Å². The summed E-state index contributed by atoms with van der Waals surface area (Å²) in [6.45, 7) is 3.86. The molecule has 0 aliphatic carbocycles. The molecule has 0 radical (unpaired) electrons. The predicted molar refractivity (Wildman–Crippen MR) is 73.5 cm³/mol. The van der Waals surface area contributed by atoms with Gasteiger partial charge in [0, 0.05) is 19.2 Å². The van der Waals surface area contributed by atoms with Crippen molar-refractivity contribution < 1.29 is 14.7 Å². The van der Waals surface area contributed by atoms with Gasteiger partial charge in [-0.2, -0.15) is 0 Å². The summed E-state index contributed by atoms with van der Waals surface area (Å²) in [4.78, 5) is 24.4. The van der Waals surface area contributed by atoms with Gasteiger partial charge in [0.2, 0.25) is 5.91 Å². The number of likely N-dealkylation sites (N-methyl/N-ethyl adjacent to an activating group) is 1. The molecule has 102 valence electrons. The number of carbonyl (C=O) groups excluding carboxylic acids is 1. The SMILES string of the molecule is CN1C(=O)C(C)(C)c2cc(CCCC(=O)O)ccc21. The fourth-order valence-electron chi connectivity index (χ4n) is 2.62. The van der Waals surface area contributed by atoms with Gasteiger partial charge in [-0.05, 0) is 43.9 Å². The van der Waals surface area contributed by atoms with E-state index in [9.17, 15) is 9.59 Å². The summed E-state index contributed by atoms with van der Waals surface area (Å²) in [7, 11) is 1.79. The van der Waals surface area contributed by atoms with Crippen LogP contribution in [-0.4, -0.2) is 24.0 Å². The molecular formula is C15H19NO3. The van der Waals surface area contributed by atoms with Crippen LogP contribution >= 0.6 is 0 Å². The van der Waals surface area contributed by atoms with Gasteiger partial charge in [-0.1, -0.05) is 12.1 Å². The zero-order chi connectivity index (χ0) is 14.2. The Hall–Kier alpha value is -1.84. The first-order chi connectivity index (χ1) is 8.84. The molecule has 1 aliphatic heterocycles. The third kappa shape index (κ3) is 2.35. The number of fused-ring (bicyclic) bond motifs is 1. The van der Waals surface area contributed by atoms with E-state index in [4.69, 9.17) is 5.11 Å². The molecule has 1 aliphatic rings. The topological polar surface area (TPSA) is 57.6 Å². The fourth-order valence-corrected chi connectivity index (χ4v) is 2.62. The van der Waals surface area contributed by atoms with Crippen molar-refractivity contribution in [2.45, 2.75) is 38.5 Å². The lowest BCUT2D eigenvalue weighted by molar-refractivity contribution is -0.137. The third-order valence-corrected chi connectivity index (χ3v) is 3.79. The predicted octanol–water partition coefficient (Wildman–Crippen LogP) is 2.35. The van der Waals surface area contributed by atoms with Gasteiger partial charge in [-0.25, -0.2) is 0 Å². The number of amides is 1. The second-order valence-corrected chi connectivity index (χ2v) is 5.59. The minimum absolute atomic E-state index is 0.102. The highest BCUT2D eigenvalue weighted by molar-refractivity contribution is 6.07. The van der Waals surface area contributed by atoms with Crippen LogP contribution in [0.15, 0.2) is 18.2 Å². The monoisotopic (exact) mass is 261 g/mol. The maximum atomic E-state index is 12.1. The number of carboxylic acid groups (broad SMARTS) is 1. The highest BCUT2D eigenvalue weighted by Crippen LogP contribution is 2.41. The zero-order valence-electron chi connectivity index (χ0n) is 11.6. The van der Waals surface area contributed by atoms with Crippen molar-refractivity contribution in [3.63, 3.8) is 0 Å². The number of aryl methyl sites for hydroxylation is 1. The van der Waals surface area contributed by atoms with Crippen molar-refractivity contribution in [3.8, 4) is 0 Å².